The van der Waals surface area contributed by atoms with Crippen LogP contribution in [0.25, 0.3) is 11.1 Å². The van der Waals surface area contributed by atoms with Gasteiger partial charge in [0.05, 0.1) is 33.3 Å². The molecule has 10 nitrogen and oxygen atoms in total. The van der Waals surface area contributed by atoms with E-state index in [9.17, 15) is 37.5 Å². The highest BCUT2D eigenvalue weighted by Crippen LogP contribution is 2.32. The van der Waals surface area contributed by atoms with Crippen LogP contribution in [0.5, 0.6) is 11.5 Å². The Bertz CT molecular complexity index is 1830. The predicted molar refractivity (Wildman–Crippen MR) is 182 cm³/mol. The third-order valence-electron chi connectivity index (χ3n) is 8.02. The molecule has 0 aliphatic heterocycles. The zero-order valence-corrected chi connectivity index (χ0v) is 27.9. The van der Waals surface area contributed by atoms with Gasteiger partial charge in [-0.15, -0.1) is 0 Å². The number of hydrogen-bond donors (Lipinski definition) is 2. The Morgan fingerprint density at radius 1 is 0.784 bits per heavy atom. The first-order valence-corrected chi connectivity index (χ1v) is 15.9. The Balaban J connectivity index is 1.63. The second-order valence-corrected chi connectivity index (χ2v) is 11.3. The summed E-state index contributed by atoms with van der Waals surface area (Å²) in [6.07, 6.45) is -5.28. The monoisotopic (exact) mass is 706 g/mol. The molecule has 0 radical (unpaired) electrons. The Morgan fingerprint density at radius 3 is 2.04 bits per heavy atom. The Morgan fingerprint density at radius 2 is 1.41 bits per heavy atom. The largest absolute Gasteiger partial charge is 0.493 e. The molecule has 1 unspecified atom stereocenters. The average molecular weight is 707 g/mol. The molecule has 51 heavy (non-hydrogen) atoms. The standard InChI is InChI=1S/C38H37F3N2O8/c1-49-32-18-10-13-26(34(32)50-2)19-22-43(23-20-33(44)45)36(47)30-17-9-7-15-28(30)27-14-6-8-16-29(27)35(46)42-31(25-11-4-3-5-12-25)21-24-51-37(48)38(39,40)41/h3-18,31H,19-24H2,1-2H3,(H,42,46)(H,44,45). The quantitative estimate of drug-likeness (QED) is 0.126. The molecule has 13 heteroatoms. The molecule has 2 N–H and O–H groups in total. The smallest absolute Gasteiger partial charge is 0.490 e. The van der Waals surface area contributed by atoms with E-state index in [4.69, 9.17) is 9.47 Å². The number of para-hydroxylation sites is 1. The van der Waals surface area contributed by atoms with Crippen molar-refractivity contribution in [3.8, 4) is 22.6 Å². The second kappa shape index (κ2) is 17.7. The summed E-state index contributed by atoms with van der Waals surface area (Å²) in [5.74, 6) is -3.45. The molecule has 4 aromatic carbocycles. The van der Waals surface area contributed by atoms with Crippen molar-refractivity contribution < 1.29 is 51.7 Å². The molecule has 0 saturated carbocycles. The number of alkyl halides is 3. The summed E-state index contributed by atoms with van der Waals surface area (Å²) < 4.78 is 53.5. The van der Waals surface area contributed by atoms with Gasteiger partial charge in [0, 0.05) is 30.6 Å². The van der Waals surface area contributed by atoms with E-state index in [-0.39, 0.29) is 37.1 Å². The summed E-state index contributed by atoms with van der Waals surface area (Å²) in [7, 11) is 3.01. The van der Waals surface area contributed by atoms with Crippen LogP contribution in [0.1, 0.15) is 50.7 Å². The first-order valence-electron chi connectivity index (χ1n) is 15.9. The topological polar surface area (TPSA) is 131 Å². The van der Waals surface area contributed by atoms with Crippen molar-refractivity contribution in [1.82, 2.24) is 10.2 Å². The van der Waals surface area contributed by atoms with Crippen molar-refractivity contribution in [1.29, 1.82) is 0 Å². The highest BCUT2D eigenvalue weighted by Gasteiger charge is 2.41. The third-order valence-corrected chi connectivity index (χ3v) is 8.02. The van der Waals surface area contributed by atoms with Crippen molar-refractivity contribution in [3.05, 3.63) is 119 Å². The van der Waals surface area contributed by atoms with Gasteiger partial charge in [-0.2, -0.15) is 13.2 Å². The summed E-state index contributed by atoms with van der Waals surface area (Å²) >= 11 is 0. The first kappa shape index (κ1) is 38.0. The molecular weight excluding hydrogens is 669 g/mol. The van der Waals surface area contributed by atoms with Crippen molar-refractivity contribution >= 4 is 23.8 Å². The fraction of sp³-hybridized carbons (Fsp3) is 0.263. The second-order valence-electron chi connectivity index (χ2n) is 11.3. The number of carboxylic acid groups (broad SMARTS) is 1. The van der Waals surface area contributed by atoms with Crippen LogP contribution >= 0.6 is 0 Å². The minimum absolute atomic E-state index is 0.0887. The zero-order chi connectivity index (χ0) is 37.0. The molecule has 0 aromatic heterocycles. The molecule has 268 valence electrons. The molecule has 0 aliphatic rings. The number of carbonyl (C=O) groups is 4. The summed E-state index contributed by atoms with van der Waals surface area (Å²) in [6.45, 7) is -0.552. The minimum atomic E-state index is -5.15. The number of ether oxygens (including phenoxy) is 3. The van der Waals surface area contributed by atoms with E-state index in [1.54, 1.807) is 91.0 Å². The highest BCUT2D eigenvalue weighted by atomic mass is 19.4. The maximum atomic E-state index is 14.2. The van der Waals surface area contributed by atoms with Gasteiger partial charge in [0.1, 0.15) is 0 Å². The number of esters is 1. The Hall–Kier alpha value is -5.85. The number of nitrogens with one attached hydrogen (secondary N) is 1. The van der Waals surface area contributed by atoms with Gasteiger partial charge >= 0.3 is 18.1 Å². The molecule has 4 rings (SSSR count). The van der Waals surface area contributed by atoms with Gasteiger partial charge in [-0.1, -0.05) is 78.9 Å². The van der Waals surface area contributed by atoms with Crippen LogP contribution in [0.4, 0.5) is 13.2 Å². The molecule has 4 aromatic rings. The lowest BCUT2D eigenvalue weighted by atomic mass is 9.93. The van der Waals surface area contributed by atoms with Crippen LogP contribution in [0.15, 0.2) is 97.1 Å². The lowest BCUT2D eigenvalue weighted by Gasteiger charge is -2.25. The first-order chi connectivity index (χ1) is 24.4. The number of carboxylic acids is 1. The van der Waals surface area contributed by atoms with Crippen LogP contribution in [0.2, 0.25) is 0 Å². The van der Waals surface area contributed by atoms with Crippen LogP contribution in [-0.4, -0.2) is 73.9 Å². The predicted octanol–water partition coefficient (Wildman–Crippen LogP) is 6.50. The molecule has 2 amide bonds. The number of halogens is 3. The molecule has 0 fully saturated rings. The van der Waals surface area contributed by atoms with E-state index in [0.717, 1.165) is 5.56 Å². The lowest BCUT2D eigenvalue weighted by Crippen LogP contribution is -2.35. The van der Waals surface area contributed by atoms with Gasteiger partial charge in [-0.25, -0.2) is 4.79 Å². The van der Waals surface area contributed by atoms with Gasteiger partial charge in [0.2, 0.25) is 0 Å². The molecule has 1 atom stereocenters. The summed E-state index contributed by atoms with van der Waals surface area (Å²) in [5.41, 5.74) is 2.51. The van der Waals surface area contributed by atoms with E-state index in [1.807, 2.05) is 6.07 Å². The van der Waals surface area contributed by atoms with Crippen LogP contribution < -0.4 is 14.8 Å². The lowest BCUT2D eigenvalue weighted by molar-refractivity contribution is -0.199. The van der Waals surface area contributed by atoms with Crippen LogP contribution in [0, 0.1) is 0 Å². The summed E-state index contributed by atoms with van der Waals surface area (Å²) in [6, 6.07) is 26.2. The fourth-order valence-corrected chi connectivity index (χ4v) is 5.54. The van der Waals surface area contributed by atoms with Gasteiger partial charge in [0.25, 0.3) is 11.8 Å². The fourth-order valence-electron chi connectivity index (χ4n) is 5.54. The average Bonchev–Trinajstić information content (AvgIpc) is 3.13. The number of carbonyl (C=O) groups excluding carboxylic acids is 3. The maximum Gasteiger partial charge on any atom is 0.490 e. The summed E-state index contributed by atoms with van der Waals surface area (Å²) in [5, 5.41) is 12.3. The van der Waals surface area contributed by atoms with Crippen molar-refractivity contribution in [2.45, 2.75) is 31.5 Å². The molecule has 0 saturated heterocycles. The molecule has 0 spiro atoms. The number of methoxy groups -OCH3 is 2. The summed E-state index contributed by atoms with van der Waals surface area (Å²) in [4.78, 5) is 52.4. The molecule has 0 heterocycles. The zero-order valence-electron chi connectivity index (χ0n) is 27.9. The Labute approximate surface area is 292 Å². The van der Waals surface area contributed by atoms with E-state index >= 15 is 0 Å². The number of hydrogen-bond acceptors (Lipinski definition) is 7. The van der Waals surface area contributed by atoms with E-state index < -0.39 is 42.6 Å². The molecule has 0 bridgehead atoms. The number of nitrogens with zero attached hydrogens (tertiary/aromatic N) is 1. The normalized spacial score (nSPS) is 11.6. The SMILES string of the molecule is COc1cccc(CCN(CCC(=O)O)C(=O)c2ccccc2-c2ccccc2C(=O)NC(CCOC(=O)C(F)(F)F)c2ccccc2)c1OC. The van der Waals surface area contributed by atoms with Gasteiger partial charge in [-0.3, -0.25) is 14.4 Å². The Kier molecular flexibility index (Phi) is 13.2. The molecule has 0 aliphatic carbocycles. The number of rotatable bonds is 16. The van der Waals surface area contributed by atoms with E-state index in [2.05, 4.69) is 10.1 Å². The van der Waals surface area contributed by atoms with E-state index in [1.165, 1.54) is 19.1 Å². The highest BCUT2D eigenvalue weighted by molar-refractivity contribution is 6.06. The molecular formula is C38H37F3N2O8. The third kappa shape index (κ3) is 10.1. The van der Waals surface area contributed by atoms with Gasteiger partial charge < -0.3 is 29.5 Å². The van der Waals surface area contributed by atoms with Crippen molar-refractivity contribution in [2.24, 2.45) is 0 Å². The van der Waals surface area contributed by atoms with Crippen LogP contribution in [0.3, 0.4) is 0 Å². The number of amides is 2. The van der Waals surface area contributed by atoms with Gasteiger partial charge in [0.15, 0.2) is 11.5 Å². The van der Waals surface area contributed by atoms with Crippen molar-refractivity contribution in [2.75, 3.05) is 33.9 Å². The van der Waals surface area contributed by atoms with Crippen LogP contribution in [-0.2, 0) is 20.7 Å². The number of benzene rings is 4. The van der Waals surface area contributed by atoms with Gasteiger partial charge in [-0.05, 0) is 46.9 Å². The minimum Gasteiger partial charge on any atom is -0.493 e. The van der Waals surface area contributed by atoms with Crippen molar-refractivity contribution in [3.63, 3.8) is 0 Å². The van der Waals surface area contributed by atoms with E-state index in [0.29, 0.717) is 34.6 Å². The maximum absolute atomic E-state index is 14.2. The number of aliphatic carboxylic acids is 1.